The standard InChI is InChI=1S/C11H8FN5S/c12-8-5-14-3-1-6(8)9-15-10(17-13)7-2-4-18-11(7)16-9/h1-5H,13H2,(H,15,16,17). The zero-order valence-electron chi connectivity index (χ0n) is 9.09. The maximum atomic E-state index is 13.6. The number of hydrazine groups is 1. The molecule has 3 aromatic heterocycles. The fourth-order valence-corrected chi connectivity index (χ4v) is 2.41. The molecule has 0 aliphatic rings. The van der Waals surface area contributed by atoms with Gasteiger partial charge in [-0.3, -0.25) is 4.98 Å². The Hall–Kier alpha value is -2.12. The number of anilines is 1. The lowest BCUT2D eigenvalue weighted by Crippen LogP contribution is -2.10. The van der Waals surface area contributed by atoms with Gasteiger partial charge in [0.25, 0.3) is 0 Å². The number of hydrogen-bond donors (Lipinski definition) is 2. The number of fused-ring (bicyclic) bond motifs is 1. The lowest BCUT2D eigenvalue weighted by atomic mass is 10.2. The van der Waals surface area contributed by atoms with Gasteiger partial charge < -0.3 is 5.43 Å². The van der Waals surface area contributed by atoms with Crippen LogP contribution in [-0.2, 0) is 0 Å². The molecule has 0 atom stereocenters. The van der Waals surface area contributed by atoms with Crippen molar-refractivity contribution in [2.75, 3.05) is 5.43 Å². The van der Waals surface area contributed by atoms with Crippen molar-refractivity contribution in [3.8, 4) is 11.4 Å². The third-order valence-corrected chi connectivity index (χ3v) is 3.28. The second-order valence-corrected chi connectivity index (χ2v) is 4.43. The molecular weight excluding hydrogens is 253 g/mol. The Kier molecular flexibility index (Phi) is 2.62. The van der Waals surface area contributed by atoms with Crippen LogP contribution in [0.2, 0.25) is 0 Å². The van der Waals surface area contributed by atoms with E-state index in [4.69, 9.17) is 5.84 Å². The van der Waals surface area contributed by atoms with Crippen LogP contribution >= 0.6 is 11.3 Å². The van der Waals surface area contributed by atoms with Crippen LogP contribution < -0.4 is 11.3 Å². The van der Waals surface area contributed by atoms with E-state index in [0.29, 0.717) is 11.4 Å². The van der Waals surface area contributed by atoms with Crippen molar-refractivity contribution in [1.29, 1.82) is 0 Å². The number of nitrogen functional groups attached to an aromatic ring is 1. The molecule has 0 fully saturated rings. The zero-order valence-corrected chi connectivity index (χ0v) is 9.91. The maximum Gasteiger partial charge on any atom is 0.166 e. The summed E-state index contributed by atoms with van der Waals surface area (Å²) in [4.78, 5) is 13.0. The monoisotopic (exact) mass is 261 g/mol. The van der Waals surface area contributed by atoms with Gasteiger partial charge in [-0.1, -0.05) is 0 Å². The lowest BCUT2D eigenvalue weighted by molar-refractivity contribution is 0.624. The Morgan fingerprint density at radius 2 is 2.17 bits per heavy atom. The SMILES string of the molecule is NNc1nc(-c2ccncc2F)nc2sccc12. The van der Waals surface area contributed by atoms with Crippen molar-refractivity contribution in [1.82, 2.24) is 15.0 Å². The van der Waals surface area contributed by atoms with Crippen LogP contribution in [0.1, 0.15) is 0 Å². The number of pyridine rings is 1. The van der Waals surface area contributed by atoms with Crippen LogP contribution in [0, 0.1) is 5.82 Å². The average molecular weight is 261 g/mol. The normalized spacial score (nSPS) is 10.8. The van der Waals surface area contributed by atoms with Gasteiger partial charge in [0.15, 0.2) is 17.5 Å². The van der Waals surface area contributed by atoms with Gasteiger partial charge in [-0.05, 0) is 17.5 Å². The Morgan fingerprint density at radius 3 is 2.94 bits per heavy atom. The predicted octanol–water partition coefficient (Wildman–Crippen LogP) is 2.18. The summed E-state index contributed by atoms with van der Waals surface area (Å²) in [7, 11) is 0. The molecule has 3 aromatic rings. The molecule has 7 heteroatoms. The van der Waals surface area contributed by atoms with Crippen molar-refractivity contribution < 1.29 is 4.39 Å². The molecule has 0 radical (unpaired) electrons. The number of halogens is 1. The number of thiophene rings is 1. The summed E-state index contributed by atoms with van der Waals surface area (Å²) in [5.41, 5.74) is 2.81. The molecule has 0 bridgehead atoms. The van der Waals surface area contributed by atoms with Crippen LogP contribution in [0.5, 0.6) is 0 Å². The van der Waals surface area contributed by atoms with E-state index in [9.17, 15) is 4.39 Å². The van der Waals surface area contributed by atoms with Gasteiger partial charge in [-0.25, -0.2) is 20.2 Å². The molecule has 0 aliphatic carbocycles. The van der Waals surface area contributed by atoms with Gasteiger partial charge >= 0.3 is 0 Å². The summed E-state index contributed by atoms with van der Waals surface area (Å²) in [6, 6.07) is 3.40. The Morgan fingerprint density at radius 1 is 1.28 bits per heavy atom. The molecule has 3 rings (SSSR count). The van der Waals surface area contributed by atoms with E-state index in [1.54, 1.807) is 0 Å². The number of rotatable bonds is 2. The maximum absolute atomic E-state index is 13.6. The average Bonchev–Trinajstić information content (AvgIpc) is 2.86. The zero-order chi connectivity index (χ0) is 12.5. The van der Waals surface area contributed by atoms with Crippen molar-refractivity contribution in [3.05, 3.63) is 35.7 Å². The van der Waals surface area contributed by atoms with Crippen molar-refractivity contribution in [2.45, 2.75) is 0 Å². The largest absolute Gasteiger partial charge is 0.308 e. The van der Waals surface area contributed by atoms with Gasteiger partial charge in [-0.15, -0.1) is 11.3 Å². The topological polar surface area (TPSA) is 76.7 Å². The quantitative estimate of drug-likeness (QED) is 0.546. The summed E-state index contributed by atoms with van der Waals surface area (Å²) in [6.07, 6.45) is 2.63. The summed E-state index contributed by atoms with van der Waals surface area (Å²) in [5, 5.41) is 2.70. The first-order chi connectivity index (χ1) is 8.79. The van der Waals surface area contributed by atoms with Gasteiger partial charge in [0.2, 0.25) is 0 Å². The first-order valence-corrected chi connectivity index (χ1v) is 5.99. The van der Waals surface area contributed by atoms with Crippen LogP contribution in [0.3, 0.4) is 0 Å². The lowest BCUT2D eigenvalue weighted by Gasteiger charge is -2.05. The molecule has 5 nitrogen and oxygen atoms in total. The summed E-state index contributed by atoms with van der Waals surface area (Å²) >= 11 is 1.45. The van der Waals surface area contributed by atoms with Gasteiger partial charge in [0, 0.05) is 6.20 Å². The highest BCUT2D eigenvalue weighted by atomic mass is 32.1. The van der Waals surface area contributed by atoms with E-state index < -0.39 is 5.82 Å². The highest BCUT2D eigenvalue weighted by Gasteiger charge is 2.12. The molecule has 0 amide bonds. The van der Waals surface area contributed by atoms with E-state index >= 15 is 0 Å². The van der Waals surface area contributed by atoms with Crippen LogP contribution in [0.15, 0.2) is 29.9 Å². The fraction of sp³-hybridized carbons (Fsp3) is 0. The van der Waals surface area contributed by atoms with E-state index in [1.807, 2.05) is 11.4 Å². The van der Waals surface area contributed by atoms with Gasteiger partial charge in [0.1, 0.15) is 4.83 Å². The molecule has 0 unspecified atom stereocenters. The van der Waals surface area contributed by atoms with E-state index in [0.717, 1.165) is 16.4 Å². The minimum Gasteiger partial charge on any atom is -0.308 e. The van der Waals surface area contributed by atoms with Crippen LogP contribution in [0.25, 0.3) is 21.6 Å². The molecule has 3 heterocycles. The van der Waals surface area contributed by atoms with E-state index in [-0.39, 0.29) is 5.82 Å². The third-order valence-electron chi connectivity index (χ3n) is 2.48. The fourth-order valence-electron chi connectivity index (χ4n) is 1.64. The first kappa shape index (κ1) is 11.0. The molecule has 0 aliphatic heterocycles. The first-order valence-electron chi connectivity index (χ1n) is 5.11. The Bertz CT molecular complexity index is 711. The van der Waals surface area contributed by atoms with Crippen molar-refractivity contribution in [2.24, 2.45) is 5.84 Å². The minimum atomic E-state index is -0.462. The summed E-state index contributed by atoms with van der Waals surface area (Å²) in [5.74, 6) is 5.73. The van der Waals surface area contributed by atoms with Crippen molar-refractivity contribution in [3.63, 3.8) is 0 Å². The smallest absolute Gasteiger partial charge is 0.166 e. The molecule has 18 heavy (non-hydrogen) atoms. The van der Waals surface area contributed by atoms with Crippen LogP contribution in [0.4, 0.5) is 10.2 Å². The molecule has 0 aromatic carbocycles. The Balaban J connectivity index is 2.27. The highest BCUT2D eigenvalue weighted by Crippen LogP contribution is 2.28. The summed E-state index contributed by atoms with van der Waals surface area (Å²) in [6.45, 7) is 0. The second kappa shape index (κ2) is 4.28. The molecule has 0 saturated heterocycles. The molecular formula is C11H8FN5S. The Labute approximate surface area is 105 Å². The van der Waals surface area contributed by atoms with Crippen LogP contribution in [-0.4, -0.2) is 15.0 Å². The predicted molar refractivity (Wildman–Crippen MR) is 68.4 cm³/mol. The van der Waals surface area contributed by atoms with E-state index in [1.165, 1.54) is 23.6 Å². The number of aromatic nitrogens is 3. The van der Waals surface area contributed by atoms with E-state index in [2.05, 4.69) is 20.4 Å². The molecule has 3 N–H and O–H groups in total. The van der Waals surface area contributed by atoms with Crippen molar-refractivity contribution >= 4 is 27.4 Å². The van der Waals surface area contributed by atoms with Gasteiger partial charge in [-0.2, -0.15) is 0 Å². The second-order valence-electron chi connectivity index (χ2n) is 3.54. The number of nitrogens with two attached hydrogens (primary N) is 1. The molecule has 0 saturated carbocycles. The third kappa shape index (κ3) is 1.69. The number of nitrogens with one attached hydrogen (secondary N) is 1. The molecule has 90 valence electrons. The minimum absolute atomic E-state index is 0.290. The summed E-state index contributed by atoms with van der Waals surface area (Å²) < 4.78 is 13.6. The molecule has 0 spiro atoms. The number of hydrogen-bond acceptors (Lipinski definition) is 6. The highest BCUT2D eigenvalue weighted by molar-refractivity contribution is 7.16. The number of nitrogens with zero attached hydrogens (tertiary/aromatic N) is 3. The van der Waals surface area contributed by atoms with Gasteiger partial charge in [0.05, 0.1) is 17.1 Å².